The minimum atomic E-state index is -0.0632. The molecule has 0 spiro atoms. The highest BCUT2D eigenvalue weighted by Gasteiger charge is 2.31. The van der Waals surface area contributed by atoms with Gasteiger partial charge >= 0.3 is 0 Å². The first kappa shape index (κ1) is 16.4. The van der Waals surface area contributed by atoms with Crippen LogP contribution in [0.3, 0.4) is 0 Å². The number of halogens is 1. The Labute approximate surface area is 157 Å². The van der Waals surface area contributed by atoms with Crippen molar-refractivity contribution in [2.45, 2.75) is 16.0 Å². The SMILES string of the molecule is NC(N)=N/N=C1\c2cc(Cl)ccc2CC1Sc1nc2ccccc2s1. The van der Waals surface area contributed by atoms with Crippen molar-refractivity contribution in [3.05, 3.63) is 58.6 Å². The number of hydrogen-bond donors (Lipinski definition) is 2. The van der Waals surface area contributed by atoms with Crippen molar-refractivity contribution in [1.82, 2.24) is 4.98 Å². The van der Waals surface area contributed by atoms with Crippen LogP contribution < -0.4 is 11.5 Å². The van der Waals surface area contributed by atoms with Crippen molar-refractivity contribution < 1.29 is 0 Å². The molecule has 8 heteroatoms. The van der Waals surface area contributed by atoms with Crippen molar-refractivity contribution in [1.29, 1.82) is 0 Å². The smallest absolute Gasteiger partial charge is 0.211 e. The van der Waals surface area contributed by atoms with E-state index in [1.807, 2.05) is 36.4 Å². The van der Waals surface area contributed by atoms with Gasteiger partial charge in [0.15, 0.2) is 4.34 Å². The molecule has 2 aromatic carbocycles. The zero-order valence-electron chi connectivity index (χ0n) is 13.0. The lowest BCUT2D eigenvalue weighted by molar-refractivity contribution is 1.09. The van der Waals surface area contributed by atoms with Crippen LogP contribution in [0.1, 0.15) is 11.1 Å². The van der Waals surface area contributed by atoms with Crippen LogP contribution in [-0.4, -0.2) is 21.9 Å². The molecule has 1 aliphatic rings. The van der Waals surface area contributed by atoms with Crippen molar-refractivity contribution in [3.63, 3.8) is 0 Å². The van der Waals surface area contributed by atoms with Crippen molar-refractivity contribution in [2.24, 2.45) is 21.7 Å². The first-order valence-electron chi connectivity index (χ1n) is 7.57. The van der Waals surface area contributed by atoms with E-state index in [1.54, 1.807) is 23.1 Å². The van der Waals surface area contributed by atoms with Gasteiger partial charge in [0.2, 0.25) is 5.96 Å². The van der Waals surface area contributed by atoms with Crippen LogP contribution in [0, 0.1) is 0 Å². The summed E-state index contributed by atoms with van der Waals surface area (Å²) in [5.41, 5.74) is 14.9. The van der Waals surface area contributed by atoms with E-state index in [0.29, 0.717) is 5.02 Å². The summed E-state index contributed by atoms with van der Waals surface area (Å²) in [4.78, 5) is 4.70. The number of thiazole rings is 1. The number of rotatable bonds is 3. The van der Waals surface area contributed by atoms with Crippen molar-refractivity contribution in [2.75, 3.05) is 0 Å². The predicted octanol–water partition coefficient (Wildman–Crippen LogP) is 3.64. The van der Waals surface area contributed by atoms with Gasteiger partial charge in [0.25, 0.3) is 0 Å². The van der Waals surface area contributed by atoms with Crippen LogP contribution in [0.25, 0.3) is 10.2 Å². The largest absolute Gasteiger partial charge is 0.369 e. The first-order valence-corrected chi connectivity index (χ1v) is 9.65. The normalized spacial score (nSPS) is 17.8. The zero-order chi connectivity index (χ0) is 17.4. The summed E-state index contributed by atoms with van der Waals surface area (Å²) in [5, 5.41) is 8.91. The maximum atomic E-state index is 6.16. The third kappa shape index (κ3) is 3.35. The van der Waals surface area contributed by atoms with E-state index in [0.717, 1.165) is 27.6 Å². The molecule has 0 saturated carbocycles. The molecule has 1 unspecified atom stereocenters. The van der Waals surface area contributed by atoms with E-state index in [9.17, 15) is 0 Å². The highest BCUT2D eigenvalue weighted by atomic mass is 35.5. The summed E-state index contributed by atoms with van der Waals surface area (Å²) in [5.74, 6) is -0.0632. The topological polar surface area (TPSA) is 89.7 Å². The molecule has 1 atom stereocenters. The summed E-state index contributed by atoms with van der Waals surface area (Å²) in [6.07, 6.45) is 0.839. The van der Waals surface area contributed by atoms with Gasteiger partial charge in [0.1, 0.15) is 0 Å². The molecule has 1 heterocycles. The third-order valence-electron chi connectivity index (χ3n) is 3.85. The lowest BCUT2D eigenvalue weighted by Crippen LogP contribution is -2.22. The number of fused-ring (bicyclic) bond motifs is 2. The molecule has 0 amide bonds. The van der Waals surface area contributed by atoms with Gasteiger partial charge in [-0.2, -0.15) is 5.10 Å². The number of para-hydroxylation sites is 1. The maximum absolute atomic E-state index is 6.16. The maximum Gasteiger partial charge on any atom is 0.211 e. The average Bonchev–Trinajstić information content (AvgIpc) is 3.13. The quantitative estimate of drug-likeness (QED) is 0.408. The van der Waals surface area contributed by atoms with Gasteiger partial charge in [-0.25, -0.2) is 4.98 Å². The van der Waals surface area contributed by atoms with Crippen molar-refractivity contribution >= 4 is 56.6 Å². The molecule has 126 valence electrons. The van der Waals surface area contributed by atoms with E-state index < -0.39 is 0 Å². The Morgan fingerprint density at radius 1 is 1.24 bits per heavy atom. The summed E-state index contributed by atoms with van der Waals surface area (Å²) < 4.78 is 2.17. The van der Waals surface area contributed by atoms with Gasteiger partial charge in [-0.3, -0.25) is 0 Å². The van der Waals surface area contributed by atoms with Crippen LogP contribution in [0.2, 0.25) is 5.02 Å². The third-order valence-corrected chi connectivity index (χ3v) is 6.42. The van der Waals surface area contributed by atoms with Gasteiger partial charge in [0, 0.05) is 10.6 Å². The number of thioether (sulfide) groups is 1. The molecule has 0 saturated heterocycles. The standard InChI is InChI=1S/C17H14ClN5S2/c18-10-6-5-9-7-14(15(11(9)8-10)22-23-16(19)20)25-17-21-12-3-1-2-4-13(12)24-17/h1-6,8,14H,7H2,(H4,19,20,23)/b22-15+. The minimum absolute atomic E-state index is 0.0632. The molecule has 0 bridgehead atoms. The number of nitrogens with two attached hydrogens (primary N) is 2. The summed E-state index contributed by atoms with van der Waals surface area (Å²) >= 11 is 9.52. The van der Waals surface area contributed by atoms with Gasteiger partial charge in [-0.1, -0.05) is 41.6 Å². The van der Waals surface area contributed by atoms with Gasteiger partial charge in [-0.15, -0.1) is 16.4 Å². The van der Waals surface area contributed by atoms with Crippen LogP contribution in [0.15, 0.2) is 57.0 Å². The van der Waals surface area contributed by atoms with E-state index in [4.69, 9.17) is 28.1 Å². The molecule has 1 aliphatic carbocycles. The first-order chi connectivity index (χ1) is 12.1. The molecule has 4 rings (SSSR count). The van der Waals surface area contributed by atoms with Crippen LogP contribution in [0.5, 0.6) is 0 Å². The Morgan fingerprint density at radius 3 is 2.88 bits per heavy atom. The molecule has 1 aromatic heterocycles. The van der Waals surface area contributed by atoms with E-state index in [2.05, 4.69) is 16.3 Å². The number of hydrogen-bond acceptors (Lipinski definition) is 5. The Kier molecular flexibility index (Phi) is 4.37. The van der Waals surface area contributed by atoms with E-state index >= 15 is 0 Å². The number of nitrogens with zero attached hydrogens (tertiary/aromatic N) is 3. The molecular formula is C17H14ClN5S2. The van der Waals surface area contributed by atoms with Gasteiger partial charge in [-0.05, 0) is 36.2 Å². The molecule has 0 radical (unpaired) electrons. The van der Waals surface area contributed by atoms with E-state index in [1.165, 1.54) is 10.3 Å². The fourth-order valence-corrected chi connectivity index (χ4v) is 5.41. The Hall–Kier alpha value is -2.09. The molecule has 25 heavy (non-hydrogen) atoms. The zero-order valence-corrected chi connectivity index (χ0v) is 15.4. The average molecular weight is 388 g/mol. The lowest BCUT2D eigenvalue weighted by atomic mass is 10.1. The summed E-state index contributed by atoms with van der Waals surface area (Å²) in [6.45, 7) is 0. The predicted molar refractivity (Wildman–Crippen MR) is 107 cm³/mol. The molecular weight excluding hydrogens is 374 g/mol. The molecule has 0 fully saturated rings. The highest BCUT2D eigenvalue weighted by molar-refractivity contribution is 8.02. The molecule has 3 aromatic rings. The Morgan fingerprint density at radius 2 is 2.08 bits per heavy atom. The summed E-state index contributed by atoms with van der Waals surface area (Å²) in [7, 11) is 0. The second-order valence-electron chi connectivity index (χ2n) is 5.57. The number of guanidine groups is 1. The van der Waals surface area contributed by atoms with Crippen LogP contribution in [0.4, 0.5) is 0 Å². The second kappa shape index (κ2) is 6.67. The molecule has 4 N–H and O–H groups in total. The lowest BCUT2D eigenvalue weighted by Gasteiger charge is -2.07. The number of benzene rings is 2. The fraction of sp³-hybridized carbons (Fsp3) is 0.118. The Bertz CT molecular complexity index is 974. The van der Waals surface area contributed by atoms with Crippen LogP contribution >= 0.6 is 34.7 Å². The second-order valence-corrected chi connectivity index (χ2v) is 8.49. The molecule has 0 aliphatic heterocycles. The molecule has 5 nitrogen and oxygen atoms in total. The Balaban J connectivity index is 1.70. The van der Waals surface area contributed by atoms with Crippen LogP contribution in [-0.2, 0) is 6.42 Å². The fourth-order valence-electron chi connectivity index (χ4n) is 2.79. The minimum Gasteiger partial charge on any atom is -0.369 e. The number of aromatic nitrogens is 1. The van der Waals surface area contributed by atoms with Crippen molar-refractivity contribution in [3.8, 4) is 0 Å². The monoisotopic (exact) mass is 387 g/mol. The summed E-state index contributed by atoms with van der Waals surface area (Å²) in [6, 6.07) is 14.0. The van der Waals surface area contributed by atoms with Gasteiger partial charge < -0.3 is 11.5 Å². The van der Waals surface area contributed by atoms with E-state index in [-0.39, 0.29) is 11.2 Å². The van der Waals surface area contributed by atoms with Gasteiger partial charge in [0.05, 0.1) is 21.2 Å². The highest BCUT2D eigenvalue weighted by Crippen LogP contribution is 2.39.